The van der Waals surface area contributed by atoms with E-state index in [4.69, 9.17) is 46.7 Å². The number of nitrogens with zero attached hydrogens (tertiary/aromatic N) is 2. The maximum absolute atomic E-state index is 12.3. The summed E-state index contributed by atoms with van der Waals surface area (Å²) in [6.45, 7) is 0.869. The van der Waals surface area contributed by atoms with E-state index in [2.05, 4.69) is 62.0 Å². The molecule has 3 amide bonds. The fourth-order valence-corrected chi connectivity index (χ4v) is 8.98. The van der Waals surface area contributed by atoms with Gasteiger partial charge in [0, 0.05) is 60.8 Å². The molecule has 450 valence electrons. The van der Waals surface area contributed by atoms with Crippen LogP contribution >= 0.6 is 11.6 Å². The van der Waals surface area contributed by atoms with Crippen LogP contribution in [0.5, 0.6) is 0 Å². The fourth-order valence-electron chi connectivity index (χ4n) is 8.92. The Balaban J connectivity index is 0.000000474. The number of rotatable bonds is 24. The summed E-state index contributed by atoms with van der Waals surface area (Å²) in [5.41, 5.74) is 14.9. The number of hydrogen-bond donors (Lipinski definition) is 6. The van der Waals surface area contributed by atoms with Crippen LogP contribution in [0.15, 0.2) is 146 Å². The van der Waals surface area contributed by atoms with E-state index in [-0.39, 0.29) is 130 Å². The Morgan fingerprint density at radius 1 is 0.552 bits per heavy atom. The summed E-state index contributed by atoms with van der Waals surface area (Å²) in [7, 11) is 0. The Morgan fingerprint density at radius 2 is 0.908 bits per heavy atom. The van der Waals surface area contributed by atoms with E-state index in [0.717, 1.165) is 22.3 Å². The third kappa shape index (κ3) is 24.0. The van der Waals surface area contributed by atoms with E-state index in [1.165, 1.54) is 70.8 Å². The largest absolute Gasteiger partial charge is 1.00 e. The predicted molar refractivity (Wildman–Crippen MR) is 305 cm³/mol. The number of halogens is 1. The second kappa shape index (κ2) is 38.9. The van der Waals surface area contributed by atoms with Gasteiger partial charge in [0.25, 0.3) is 17.8 Å². The third-order valence-electron chi connectivity index (χ3n) is 13.1. The Kier molecular flexibility index (Phi) is 32.8. The van der Waals surface area contributed by atoms with Crippen LogP contribution < -0.4 is 86.1 Å². The van der Waals surface area contributed by atoms with Crippen molar-refractivity contribution in [3.05, 3.63) is 199 Å². The van der Waals surface area contributed by atoms with E-state index in [1.807, 2.05) is 60.7 Å². The zero-order valence-electron chi connectivity index (χ0n) is 48.4. The number of carboxylic acids is 2. The van der Waals surface area contributed by atoms with Gasteiger partial charge in [0.2, 0.25) is 0 Å². The predicted octanol–water partition coefficient (Wildman–Crippen LogP) is 3.12. The van der Waals surface area contributed by atoms with Gasteiger partial charge in [-0.25, -0.2) is 24.0 Å². The van der Waals surface area contributed by atoms with Crippen LogP contribution in [0.1, 0.15) is 85.2 Å². The van der Waals surface area contributed by atoms with Gasteiger partial charge in [-0.05, 0) is 118 Å². The summed E-state index contributed by atoms with van der Waals surface area (Å²) < 4.78 is 20.4. The van der Waals surface area contributed by atoms with E-state index in [0.29, 0.717) is 49.8 Å². The van der Waals surface area contributed by atoms with Gasteiger partial charge in [-0.3, -0.25) is 29.8 Å². The van der Waals surface area contributed by atoms with Crippen LogP contribution in [0, 0.1) is 20.2 Å². The van der Waals surface area contributed by atoms with Gasteiger partial charge < -0.3 is 62.4 Å². The molecular weight excluding hydrogens is 1180 g/mol. The van der Waals surface area contributed by atoms with Gasteiger partial charge in [0.1, 0.15) is 38.5 Å². The van der Waals surface area contributed by atoms with Gasteiger partial charge in [0.05, 0.1) is 9.85 Å². The molecular formula is C59H61ClN6Na2O19. The summed E-state index contributed by atoms with van der Waals surface area (Å²) in [5.74, 6) is -2.21. The van der Waals surface area contributed by atoms with Gasteiger partial charge in [-0.15, -0.1) is 0 Å². The summed E-state index contributed by atoms with van der Waals surface area (Å²) in [4.78, 5) is 99.9. The molecule has 0 radical (unpaired) electrons. The zero-order valence-corrected chi connectivity index (χ0v) is 52.2. The molecule has 7 N–H and O–H groups in total. The molecule has 0 heterocycles. The number of nitrogens with two attached hydrogens (primary N) is 1. The number of ether oxygens (including phenoxy) is 4. The maximum Gasteiger partial charge on any atom is 1.00 e. The minimum absolute atomic E-state index is 0. The number of carboxylic acid groups (broad SMARTS) is 2. The van der Waals surface area contributed by atoms with Crippen LogP contribution in [0.2, 0.25) is 0 Å². The van der Waals surface area contributed by atoms with Crippen molar-refractivity contribution in [3.8, 4) is 22.3 Å². The average molecular weight is 1240 g/mol. The van der Waals surface area contributed by atoms with Gasteiger partial charge in [-0.1, -0.05) is 97.1 Å². The van der Waals surface area contributed by atoms with Crippen molar-refractivity contribution in [3.63, 3.8) is 0 Å². The number of unbranched alkanes of at least 4 members (excludes halogenated alkanes) is 2. The number of fused-ring (bicyclic) bond motifs is 6. The number of amides is 3. The number of benzene rings is 6. The molecule has 6 aromatic rings. The molecule has 0 saturated carbocycles. The number of hydrogen-bond acceptors (Lipinski definition) is 18. The van der Waals surface area contributed by atoms with E-state index >= 15 is 0 Å². The zero-order chi connectivity index (χ0) is 61.7. The first-order chi connectivity index (χ1) is 40.9. The number of non-ortho nitro benzene ring substituents is 2. The number of nitrogens with one attached hydrogen (secondary N) is 3. The van der Waals surface area contributed by atoms with Crippen LogP contribution in [0.4, 0.5) is 30.6 Å². The molecule has 6 aromatic carbocycles. The minimum atomic E-state index is -1.21. The molecule has 0 fully saturated rings. The second-order valence-electron chi connectivity index (χ2n) is 18.6. The number of nitro benzene ring substituents is 2. The summed E-state index contributed by atoms with van der Waals surface area (Å²) in [5, 5.41) is 55.3. The van der Waals surface area contributed by atoms with Crippen molar-refractivity contribution >= 4 is 65.1 Å². The standard InChI is InChI=1S/C29H29N3O8.C21H24N2O4.C8H6ClNO4.CH2O3.2Na.H/c33-27(34)26(31-29(36)39-17-19-12-14-20(15-13-19)32(37)38)11-5-6-16-30-28(35)40-18-25-23-9-3-1-7-21(23)22-8-2-4-10-24(22)25;22-19(20(24)25)11-5-6-12-23-21(26)27-13-18-16-9-3-1-7-14(16)15-8-2-4-10-17(15)18;9-8(11)14-5-6-1-3-7(4-2-6)10(12)13;2-1-4-3;;;/h1-4,7-10,12-15,25-26H,5-6,11,16-18H2,(H,30,35)(H,31,36)(H,33,34);1-4,7-10,18-19H,5-6,11-13,22H2,(H,23,26)(H,24,25);1-4H,5H2;1,3H;;;/q;;;;2*+1;-1/p-1/t26-;19-;;;;;/m00...../s1. The molecule has 2 aliphatic carbocycles. The van der Waals surface area contributed by atoms with Crippen LogP contribution in [0.25, 0.3) is 22.3 Å². The monoisotopic (exact) mass is 1240 g/mol. The molecule has 25 nitrogen and oxygen atoms in total. The maximum atomic E-state index is 12.3. The Morgan fingerprint density at radius 3 is 1.24 bits per heavy atom. The first kappa shape index (κ1) is 73.3. The number of aliphatic carboxylic acids is 2. The Labute approximate surface area is 549 Å². The molecule has 0 aromatic heterocycles. The topological polar surface area (TPSA) is 378 Å². The molecule has 0 bridgehead atoms. The molecule has 0 saturated heterocycles. The average Bonchev–Trinajstić information content (AvgIpc) is 1.80. The van der Waals surface area contributed by atoms with Crippen molar-refractivity contribution < 1.29 is 143 Å². The molecule has 87 heavy (non-hydrogen) atoms. The molecule has 2 aliphatic rings. The van der Waals surface area contributed by atoms with E-state index < -0.39 is 57.6 Å². The van der Waals surface area contributed by atoms with E-state index in [9.17, 15) is 54.1 Å². The van der Waals surface area contributed by atoms with Gasteiger partial charge in [0.15, 0.2) is 0 Å². The first-order valence-electron chi connectivity index (χ1n) is 26.3. The molecule has 0 spiro atoms. The molecule has 28 heteroatoms. The molecule has 8 rings (SSSR count). The molecule has 2 atom stereocenters. The first-order valence-corrected chi connectivity index (χ1v) is 26.6. The second-order valence-corrected chi connectivity index (χ2v) is 18.9. The van der Waals surface area contributed by atoms with Crippen molar-refractivity contribution in [2.75, 3.05) is 26.3 Å². The summed E-state index contributed by atoms with van der Waals surface area (Å²) in [6, 6.07) is 41.6. The Bertz CT molecular complexity index is 3170. The SMILES string of the molecule is N[C@@H](CCCCNC(=O)OCC1c2ccccc2-c2ccccc21)C(=O)O.O=C(Cl)OCc1ccc([N+](=O)[O-])cc1.O=C(NCCCC[C@H](NC(=O)OCc1ccc([N+](=O)[O-])cc1)C(=O)O)OCC1c2ccccc2-c2ccccc21.O=CO[O-].[H-].[Na+].[Na+]. The van der Waals surface area contributed by atoms with Gasteiger partial charge in [-0.2, -0.15) is 0 Å². The van der Waals surface area contributed by atoms with Crippen molar-refractivity contribution in [2.45, 2.75) is 75.7 Å². The van der Waals surface area contributed by atoms with Crippen LogP contribution in [0.3, 0.4) is 0 Å². The van der Waals surface area contributed by atoms with Crippen LogP contribution in [-0.2, 0) is 51.4 Å². The fraction of sp³-hybridized carbons (Fsp3) is 0.271. The quantitative estimate of drug-likeness (QED) is 0.00741. The summed E-state index contributed by atoms with van der Waals surface area (Å²) >= 11 is 4.94. The number of carbonyl (C=O) groups is 7. The normalized spacial score (nSPS) is 11.7. The molecule has 0 aliphatic heterocycles. The smallest absolute Gasteiger partial charge is 1.00 e. The van der Waals surface area contributed by atoms with Crippen molar-refractivity contribution in [1.29, 1.82) is 0 Å². The third-order valence-corrected chi connectivity index (χ3v) is 13.2. The van der Waals surface area contributed by atoms with Crippen LogP contribution in [-0.4, -0.2) is 101 Å². The van der Waals surface area contributed by atoms with Crippen molar-refractivity contribution in [2.24, 2.45) is 5.73 Å². The number of alkyl carbamates (subject to hydrolysis) is 3. The number of carbonyl (C=O) groups excluding carboxylic acids is 5. The van der Waals surface area contributed by atoms with E-state index in [1.54, 1.807) is 0 Å². The minimum Gasteiger partial charge on any atom is -1.00 e. The summed E-state index contributed by atoms with van der Waals surface area (Å²) in [6.07, 6.45) is 0.793. The van der Waals surface area contributed by atoms with Gasteiger partial charge >= 0.3 is 94.8 Å². The molecule has 0 unspecified atom stereocenters. The Hall–Kier alpha value is -7.98. The van der Waals surface area contributed by atoms with Crippen molar-refractivity contribution in [1.82, 2.24) is 16.0 Å². The number of nitro groups is 2.